The maximum absolute atomic E-state index is 4.93. The van der Waals surface area contributed by atoms with E-state index >= 15 is 0 Å². The lowest BCUT2D eigenvalue weighted by molar-refractivity contribution is 0.724. The molecule has 0 unspecified atom stereocenters. The summed E-state index contributed by atoms with van der Waals surface area (Å²) in [7, 11) is 0. The first-order valence-corrected chi connectivity index (χ1v) is 11.5. The molecule has 174 valence electrons. The average Bonchev–Trinajstić information content (AvgIpc) is 3.49. The molecule has 0 atom stereocenters. The summed E-state index contributed by atoms with van der Waals surface area (Å²) in [5, 5.41) is 10.9. The summed E-state index contributed by atoms with van der Waals surface area (Å²) in [6.45, 7) is 9.62. The molecule has 0 spiro atoms. The van der Waals surface area contributed by atoms with Gasteiger partial charge in [-0.05, 0) is 43.3 Å². The topological polar surface area (TPSA) is 108 Å². The van der Waals surface area contributed by atoms with Crippen molar-refractivity contribution in [3.8, 4) is 22.8 Å². The van der Waals surface area contributed by atoms with Gasteiger partial charge < -0.3 is 10.3 Å². The SMILES string of the molecule is C=C/C=C(/c1cccnc1)c1nc(-c2n[nH]c3ccc(-c4cncc(CNCC)c4)nc23)[nH]c1C. The van der Waals surface area contributed by atoms with Crippen molar-refractivity contribution >= 4 is 16.6 Å². The summed E-state index contributed by atoms with van der Waals surface area (Å²) < 4.78 is 0. The van der Waals surface area contributed by atoms with Crippen molar-refractivity contribution < 1.29 is 0 Å². The smallest absolute Gasteiger partial charge is 0.161 e. The highest BCUT2D eigenvalue weighted by molar-refractivity contribution is 5.90. The van der Waals surface area contributed by atoms with Crippen molar-refractivity contribution in [2.75, 3.05) is 6.54 Å². The second-order valence-corrected chi connectivity index (χ2v) is 8.14. The molecule has 35 heavy (non-hydrogen) atoms. The standard InChI is InChI=1S/C27H26N8/c1-4-7-21(19-8-6-11-29-15-19)24-17(3)31-27(33-24)26-25-23(34-35-26)10-9-22(32-25)20-12-18(13-28-5-2)14-30-16-20/h4,6-12,14-16,28H,1,5,13H2,2-3H3,(H,31,33)(H,34,35)/b21-7-. The number of allylic oxidation sites excluding steroid dienone is 2. The number of aromatic amines is 2. The van der Waals surface area contributed by atoms with Crippen LogP contribution >= 0.6 is 0 Å². The fourth-order valence-corrected chi connectivity index (χ4v) is 4.01. The van der Waals surface area contributed by atoms with Crippen molar-refractivity contribution in [1.29, 1.82) is 0 Å². The number of nitrogens with one attached hydrogen (secondary N) is 3. The Kier molecular flexibility index (Phi) is 6.28. The third kappa shape index (κ3) is 4.51. The van der Waals surface area contributed by atoms with Gasteiger partial charge in [0, 0.05) is 53.7 Å². The normalized spacial score (nSPS) is 11.8. The van der Waals surface area contributed by atoms with Crippen molar-refractivity contribution in [1.82, 2.24) is 40.4 Å². The summed E-state index contributed by atoms with van der Waals surface area (Å²) in [4.78, 5) is 21.9. The predicted molar refractivity (Wildman–Crippen MR) is 138 cm³/mol. The molecule has 5 aromatic heterocycles. The van der Waals surface area contributed by atoms with Crippen molar-refractivity contribution in [2.45, 2.75) is 20.4 Å². The maximum Gasteiger partial charge on any atom is 0.161 e. The van der Waals surface area contributed by atoms with E-state index in [2.05, 4.69) is 50.0 Å². The Balaban J connectivity index is 1.55. The number of aryl methyl sites for hydroxylation is 1. The van der Waals surface area contributed by atoms with Gasteiger partial charge in [-0.15, -0.1) is 0 Å². The highest BCUT2D eigenvalue weighted by atomic mass is 15.2. The number of H-pyrrole nitrogens is 2. The molecular weight excluding hydrogens is 436 g/mol. The quantitative estimate of drug-likeness (QED) is 0.285. The molecule has 8 heteroatoms. The molecular formula is C27H26N8. The van der Waals surface area contributed by atoms with Crippen molar-refractivity contribution in [3.63, 3.8) is 0 Å². The van der Waals surface area contributed by atoms with E-state index in [1.807, 2.05) is 55.9 Å². The van der Waals surface area contributed by atoms with Crippen LogP contribution in [-0.4, -0.2) is 41.7 Å². The van der Waals surface area contributed by atoms with Gasteiger partial charge in [-0.2, -0.15) is 5.10 Å². The molecule has 0 radical (unpaired) electrons. The van der Waals surface area contributed by atoms with Crippen LogP contribution in [0.2, 0.25) is 0 Å². The van der Waals surface area contributed by atoms with Crippen LogP contribution in [0.25, 0.3) is 39.4 Å². The summed E-state index contributed by atoms with van der Waals surface area (Å²) in [6.07, 6.45) is 11.0. The van der Waals surface area contributed by atoms with Gasteiger partial charge in [0.2, 0.25) is 0 Å². The molecule has 0 saturated heterocycles. The van der Waals surface area contributed by atoms with Gasteiger partial charge in [0.25, 0.3) is 0 Å². The van der Waals surface area contributed by atoms with Crippen LogP contribution in [0, 0.1) is 6.92 Å². The number of pyridine rings is 3. The Hall–Kier alpha value is -4.43. The van der Waals surface area contributed by atoms with Crippen LogP contribution in [0.3, 0.4) is 0 Å². The Labute approximate surface area is 203 Å². The fourth-order valence-electron chi connectivity index (χ4n) is 4.01. The highest BCUT2D eigenvalue weighted by Gasteiger charge is 2.19. The first-order chi connectivity index (χ1) is 17.2. The van der Waals surface area contributed by atoms with Crippen molar-refractivity contribution in [3.05, 3.63) is 96.4 Å². The molecule has 5 heterocycles. The van der Waals surface area contributed by atoms with Gasteiger partial charge in [0.05, 0.1) is 16.9 Å². The Morgan fingerprint density at radius 2 is 2.03 bits per heavy atom. The largest absolute Gasteiger partial charge is 0.340 e. The van der Waals surface area contributed by atoms with Gasteiger partial charge in [-0.3, -0.25) is 15.1 Å². The summed E-state index contributed by atoms with van der Waals surface area (Å²) in [5.41, 5.74) is 8.79. The molecule has 0 saturated carbocycles. The number of aromatic nitrogens is 7. The van der Waals surface area contributed by atoms with Crippen LogP contribution in [0.15, 0.2) is 73.9 Å². The Bertz CT molecular complexity index is 1510. The van der Waals surface area contributed by atoms with E-state index < -0.39 is 0 Å². The molecule has 0 bridgehead atoms. The first kappa shape index (κ1) is 22.4. The van der Waals surface area contributed by atoms with Crippen molar-refractivity contribution in [2.24, 2.45) is 0 Å². The lowest BCUT2D eigenvalue weighted by atomic mass is 10.0. The van der Waals surface area contributed by atoms with Crippen LogP contribution in [0.5, 0.6) is 0 Å². The van der Waals surface area contributed by atoms with E-state index in [1.165, 1.54) is 0 Å². The zero-order valence-corrected chi connectivity index (χ0v) is 19.7. The van der Waals surface area contributed by atoms with Crippen LogP contribution in [0.1, 0.15) is 29.4 Å². The first-order valence-electron chi connectivity index (χ1n) is 11.5. The number of hydrogen-bond acceptors (Lipinski definition) is 6. The van der Waals surface area contributed by atoms with E-state index in [1.54, 1.807) is 12.3 Å². The second-order valence-electron chi connectivity index (χ2n) is 8.14. The van der Waals surface area contributed by atoms with Gasteiger partial charge in [-0.1, -0.05) is 31.7 Å². The molecule has 0 amide bonds. The monoisotopic (exact) mass is 462 g/mol. The number of fused-ring (bicyclic) bond motifs is 1. The molecule has 0 aliphatic carbocycles. The number of hydrogen-bond donors (Lipinski definition) is 3. The molecule has 5 aromatic rings. The fraction of sp³-hybridized carbons (Fsp3) is 0.148. The molecule has 0 aliphatic rings. The molecule has 3 N–H and O–H groups in total. The Morgan fingerprint density at radius 3 is 2.83 bits per heavy atom. The number of rotatable bonds is 8. The number of nitrogens with zero attached hydrogens (tertiary/aromatic N) is 5. The summed E-state index contributed by atoms with van der Waals surface area (Å²) in [6, 6.07) is 9.99. The summed E-state index contributed by atoms with van der Waals surface area (Å²) >= 11 is 0. The lowest BCUT2D eigenvalue weighted by Crippen LogP contribution is -2.11. The van der Waals surface area contributed by atoms with Crippen LogP contribution in [-0.2, 0) is 6.54 Å². The summed E-state index contributed by atoms with van der Waals surface area (Å²) in [5.74, 6) is 0.645. The van der Waals surface area contributed by atoms with Gasteiger partial charge in [-0.25, -0.2) is 9.97 Å². The Morgan fingerprint density at radius 1 is 1.11 bits per heavy atom. The van der Waals surface area contributed by atoms with E-state index in [9.17, 15) is 0 Å². The van der Waals surface area contributed by atoms with E-state index in [-0.39, 0.29) is 0 Å². The van der Waals surface area contributed by atoms with Crippen LogP contribution < -0.4 is 5.32 Å². The van der Waals surface area contributed by atoms with E-state index in [4.69, 9.17) is 9.97 Å². The molecule has 8 nitrogen and oxygen atoms in total. The molecule has 0 aliphatic heterocycles. The zero-order chi connectivity index (χ0) is 24.2. The van der Waals surface area contributed by atoms with Gasteiger partial charge >= 0.3 is 0 Å². The minimum atomic E-state index is 0.645. The number of imidazole rings is 1. The third-order valence-electron chi connectivity index (χ3n) is 5.70. The van der Waals surface area contributed by atoms with Gasteiger partial charge in [0.1, 0.15) is 5.52 Å². The van der Waals surface area contributed by atoms with Crippen LogP contribution in [0.4, 0.5) is 0 Å². The third-order valence-corrected chi connectivity index (χ3v) is 5.70. The van der Waals surface area contributed by atoms with E-state index in [0.29, 0.717) is 11.5 Å². The maximum atomic E-state index is 4.93. The zero-order valence-electron chi connectivity index (χ0n) is 19.7. The highest BCUT2D eigenvalue weighted by Crippen LogP contribution is 2.30. The molecule has 0 fully saturated rings. The second kappa shape index (κ2) is 9.82. The predicted octanol–water partition coefficient (Wildman–Crippen LogP) is 4.84. The minimum absolute atomic E-state index is 0.645. The average molecular weight is 463 g/mol. The lowest BCUT2D eigenvalue weighted by Gasteiger charge is -2.05. The van der Waals surface area contributed by atoms with E-state index in [0.717, 1.165) is 63.5 Å². The minimum Gasteiger partial charge on any atom is -0.340 e. The molecule has 0 aromatic carbocycles. The molecule has 5 rings (SSSR count). The van der Waals surface area contributed by atoms with Gasteiger partial charge in [0.15, 0.2) is 11.5 Å².